The third-order valence-electron chi connectivity index (χ3n) is 5.05. The average molecular weight is 432 g/mol. The SMILES string of the molecule is CC(C)C(=O)N[C@H](C(=O)N[C@@H](CCC(=O)C=N)C(=O)NCc1ccc(F)cc1)C1CC1. The van der Waals surface area contributed by atoms with Gasteiger partial charge in [0.25, 0.3) is 0 Å². The van der Waals surface area contributed by atoms with Crippen LogP contribution in [0.3, 0.4) is 0 Å². The Morgan fingerprint density at radius 1 is 1.06 bits per heavy atom. The van der Waals surface area contributed by atoms with Crippen molar-refractivity contribution >= 4 is 29.7 Å². The van der Waals surface area contributed by atoms with Crippen LogP contribution < -0.4 is 16.0 Å². The van der Waals surface area contributed by atoms with Crippen LogP contribution in [0.1, 0.15) is 45.1 Å². The first-order chi connectivity index (χ1) is 14.7. The zero-order chi connectivity index (χ0) is 23.0. The molecular formula is C22H29FN4O4. The Morgan fingerprint density at radius 3 is 2.26 bits per heavy atom. The van der Waals surface area contributed by atoms with Crippen molar-refractivity contribution in [2.75, 3.05) is 0 Å². The molecule has 1 fully saturated rings. The Labute approximate surface area is 180 Å². The molecule has 0 saturated heterocycles. The normalized spacial score (nSPS) is 15.0. The number of amides is 3. The number of carbonyl (C=O) groups is 4. The summed E-state index contributed by atoms with van der Waals surface area (Å²) in [6.07, 6.45) is 2.23. The zero-order valence-corrected chi connectivity index (χ0v) is 17.7. The van der Waals surface area contributed by atoms with Gasteiger partial charge in [-0.05, 0) is 42.9 Å². The molecule has 31 heavy (non-hydrogen) atoms. The Kier molecular flexibility index (Phi) is 8.84. The van der Waals surface area contributed by atoms with Crippen LogP contribution in [0, 0.1) is 23.1 Å². The Bertz CT molecular complexity index is 821. The van der Waals surface area contributed by atoms with E-state index in [2.05, 4.69) is 16.0 Å². The monoisotopic (exact) mass is 432 g/mol. The average Bonchev–Trinajstić information content (AvgIpc) is 3.58. The maximum atomic E-state index is 13.0. The Morgan fingerprint density at radius 2 is 1.71 bits per heavy atom. The van der Waals surface area contributed by atoms with Gasteiger partial charge in [-0.25, -0.2) is 4.39 Å². The van der Waals surface area contributed by atoms with Crippen LogP contribution >= 0.6 is 0 Å². The summed E-state index contributed by atoms with van der Waals surface area (Å²) in [6, 6.07) is 3.89. The van der Waals surface area contributed by atoms with Gasteiger partial charge < -0.3 is 21.4 Å². The molecule has 0 heterocycles. The van der Waals surface area contributed by atoms with Crippen LogP contribution in [0.15, 0.2) is 24.3 Å². The first kappa shape index (κ1) is 24.2. The lowest BCUT2D eigenvalue weighted by Crippen LogP contribution is -2.55. The molecule has 1 aliphatic rings. The highest BCUT2D eigenvalue weighted by molar-refractivity contribution is 6.26. The van der Waals surface area contributed by atoms with Crippen LogP contribution in [-0.4, -0.2) is 41.8 Å². The molecule has 1 aliphatic carbocycles. The van der Waals surface area contributed by atoms with Gasteiger partial charge in [-0.3, -0.25) is 19.2 Å². The first-order valence-corrected chi connectivity index (χ1v) is 10.4. The fraction of sp³-hybridized carbons (Fsp3) is 0.500. The van der Waals surface area contributed by atoms with Crippen molar-refractivity contribution in [2.45, 2.75) is 58.2 Å². The van der Waals surface area contributed by atoms with E-state index in [-0.39, 0.29) is 42.9 Å². The highest BCUT2D eigenvalue weighted by Gasteiger charge is 2.38. The van der Waals surface area contributed by atoms with E-state index in [0.29, 0.717) is 11.8 Å². The molecule has 9 heteroatoms. The van der Waals surface area contributed by atoms with E-state index in [0.717, 1.165) is 12.8 Å². The summed E-state index contributed by atoms with van der Waals surface area (Å²) in [5.41, 5.74) is 0.676. The summed E-state index contributed by atoms with van der Waals surface area (Å²) >= 11 is 0. The molecule has 0 bridgehead atoms. The smallest absolute Gasteiger partial charge is 0.243 e. The minimum absolute atomic E-state index is 0.0186. The van der Waals surface area contributed by atoms with Gasteiger partial charge in [0.2, 0.25) is 17.7 Å². The molecule has 1 aromatic carbocycles. The number of hydrogen-bond acceptors (Lipinski definition) is 5. The van der Waals surface area contributed by atoms with Crippen molar-refractivity contribution in [1.29, 1.82) is 5.41 Å². The summed E-state index contributed by atoms with van der Waals surface area (Å²) in [7, 11) is 0. The van der Waals surface area contributed by atoms with Gasteiger partial charge in [0.15, 0.2) is 5.78 Å². The second-order valence-corrected chi connectivity index (χ2v) is 8.03. The van der Waals surface area contributed by atoms with E-state index < -0.39 is 29.7 Å². The molecule has 2 rings (SSSR count). The van der Waals surface area contributed by atoms with E-state index in [1.807, 2.05) is 0 Å². The predicted molar refractivity (Wildman–Crippen MR) is 113 cm³/mol. The molecule has 3 amide bonds. The van der Waals surface area contributed by atoms with E-state index in [1.54, 1.807) is 13.8 Å². The van der Waals surface area contributed by atoms with Crippen molar-refractivity contribution in [3.63, 3.8) is 0 Å². The molecular weight excluding hydrogens is 403 g/mol. The fourth-order valence-electron chi connectivity index (χ4n) is 2.95. The van der Waals surface area contributed by atoms with Gasteiger partial charge in [-0.2, -0.15) is 0 Å². The van der Waals surface area contributed by atoms with E-state index >= 15 is 0 Å². The van der Waals surface area contributed by atoms with Gasteiger partial charge in [0, 0.05) is 18.9 Å². The van der Waals surface area contributed by atoms with Crippen molar-refractivity contribution in [3.05, 3.63) is 35.6 Å². The summed E-state index contributed by atoms with van der Waals surface area (Å²) in [4.78, 5) is 49.2. The number of nitrogens with one attached hydrogen (secondary N) is 4. The number of rotatable bonds is 12. The minimum atomic E-state index is -1.01. The van der Waals surface area contributed by atoms with Gasteiger partial charge in [-0.15, -0.1) is 0 Å². The largest absolute Gasteiger partial charge is 0.350 e. The lowest BCUT2D eigenvalue weighted by Gasteiger charge is -2.23. The summed E-state index contributed by atoms with van der Waals surface area (Å²) in [6.45, 7) is 3.58. The topological polar surface area (TPSA) is 128 Å². The van der Waals surface area contributed by atoms with Crippen molar-refractivity contribution in [1.82, 2.24) is 16.0 Å². The van der Waals surface area contributed by atoms with Crippen molar-refractivity contribution in [2.24, 2.45) is 11.8 Å². The molecule has 8 nitrogen and oxygen atoms in total. The van der Waals surface area contributed by atoms with Crippen molar-refractivity contribution < 1.29 is 23.6 Å². The molecule has 1 saturated carbocycles. The number of ketones is 1. The molecule has 1 aromatic rings. The van der Waals surface area contributed by atoms with Crippen LogP contribution in [0.4, 0.5) is 4.39 Å². The predicted octanol–water partition coefficient (Wildman–Crippen LogP) is 1.48. The Balaban J connectivity index is 2.04. The molecule has 0 aliphatic heterocycles. The van der Waals surface area contributed by atoms with Crippen LogP contribution in [0.5, 0.6) is 0 Å². The van der Waals surface area contributed by atoms with Gasteiger partial charge in [0.1, 0.15) is 17.9 Å². The minimum Gasteiger partial charge on any atom is -0.350 e. The second-order valence-electron chi connectivity index (χ2n) is 8.03. The molecule has 0 aromatic heterocycles. The maximum absolute atomic E-state index is 13.0. The van der Waals surface area contributed by atoms with Crippen molar-refractivity contribution in [3.8, 4) is 0 Å². The molecule has 168 valence electrons. The number of hydrogen-bond donors (Lipinski definition) is 4. The molecule has 0 spiro atoms. The number of carbonyl (C=O) groups excluding carboxylic acids is 4. The Hall–Kier alpha value is -3.10. The van der Waals surface area contributed by atoms with Crippen LogP contribution in [0.2, 0.25) is 0 Å². The second kappa shape index (κ2) is 11.3. The molecule has 4 N–H and O–H groups in total. The number of Topliss-reactive ketones (excluding diaryl/α,β-unsaturated/α-hetero) is 1. The highest BCUT2D eigenvalue weighted by atomic mass is 19.1. The van der Waals surface area contributed by atoms with Gasteiger partial charge in [-0.1, -0.05) is 26.0 Å². The third-order valence-corrected chi connectivity index (χ3v) is 5.05. The molecule has 2 atom stereocenters. The standard InChI is InChI=1S/C22H29FN4O4/c1-13(2)20(29)27-19(15-5-6-15)22(31)26-18(10-9-17(28)11-24)21(30)25-12-14-3-7-16(23)8-4-14/h3-4,7-8,11,13,15,18-19,24H,5-6,9-10,12H2,1-2H3,(H,25,30)(H,26,31)(H,27,29)/t18-,19-/m0/s1. The van der Waals surface area contributed by atoms with E-state index in [9.17, 15) is 23.6 Å². The van der Waals surface area contributed by atoms with Gasteiger partial charge in [0.05, 0.1) is 6.21 Å². The summed E-state index contributed by atoms with van der Waals surface area (Å²) in [5, 5.41) is 15.1. The number of benzene rings is 1. The zero-order valence-electron chi connectivity index (χ0n) is 17.7. The van der Waals surface area contributed by atoms with E-state index in [1.165, 1.54) is 24.3 Å². The van der Waals surface area contributed by atoms with Gasteiger partial charge >= 0.3 is 0 Å². The van der Waals surface area contributed by atoms with Crippen LogP contribution in [0.25, 0.3) is 0 Å². The maximum Gasteiger partial charge on any atom is 0.243 e. The van der Waals surface area contributed by atoms with E-state index in [4.69, 9.17) is 5.41 Å². The lowest BCUT2D eigenvalue weighted by atomic mass is 10.1. The summed E-state index contributed by atoms with van der Waals surface area (Å²) < 4.78 is 13.0. The third kappa shape index (κ3) is 7.92. The highest BCUT2D eigenvalue weighted by Crippen LogP contribution is 2.33. The summed E-state index contributed by atoms with van der Waals surface area (Å²) in [5.74, 6) is -2.33. The fourth-order valence-corrected chi connectivity index (χ4v) is 2.95. The lowest BCUT2D eigenvalue weighted by molar-refractivity contribution is -0.133. The molecule has 0 radical (unpaired) electrons. The first-order valence-electron chi connectivity index (χ1n) is 10.4. The number of halogens is 1. The quantitative estimate of drug-likeness (QED) is 0.373. The van der Waals surface area contributed by atoms with Crippen LogP contribution in [-0.2, 0) is 25.7 Å². The molecule has 0 unspecified atom stereocenters.